The van der Waals surface area contributed by atoms with E-state index >= 15 is 0 Å². The second kappa shape index (κ2) is 10.7. The predicted molar refractivity (Wildman–Crippen MR) is 142 cm³/mol. The molecule has 1 heterocycles. The molecule has 0 radical (unpaired) electrons. The number of carbonyl (C=O) groups excluding carboxylic acids is 3. The summed E-state index contributed by atoms with van der Waals surface area (Å²) < 4.78 is 17.2. The maximum atomic E-state index is 14.0. The Hall–Kier alpha value is -2.69. The van der Waals surface area contributed by atoms with Crippen molar-refractivity contribution in [2.75, 3.05) is 47.9 Å². The standard InChI is InChI=1S/C29H42N2O8/c1-16(32)38-19-13-28(2)18(9-10-20(28)33)22-24(19)29(3)21(15-37-7)39-27(36)17(23(29)26(35)25(22)34)14-31(6)12-8-11-30(4)5/h14,18-21,33,35H,8-13,15H2,1-7H3/t18?,19-,20+,21-,28+,29+/m1/s1. The average Bonchev–Trinajstić information content (AvgIpc) is 3.13. The highest BCUT2D eigenvalue weighted by Crippen LogP contribution is 2.63. The molecule has 6 atom stereocenters. The number of methoxy groups -OCH3 is 1. The van der Waals surface area contributed by atoms with Crippen LogP contribution in [0, 0.1) is 16.7 Å². The van der Waals surface area contributed by atoms with E-state index in [1.807, 2.05) is 39.9 Å². The lowest BCUT2D eigenvalue weighted by Gasteiger charge is -2.54. The fraction of sp³-hybridized carbons (Fsp3) is 0.690. The number of ketones is 1. The number of Topliss-reactive ketones (excluding diaryl/α,β-unsaturated/α-hetero) is 1. The number of rotatable bonds is 8. The summed E-state index contributed by atoms with van der Waals surface area (Å²) in [5.74, 6) is -2.62. The Balaban J connectivity index is 1.91. The summed E-state index contributed by atoms with van der Waals surface area (Å²) in [5.41, 5.74) is -0.770. The number of hydrogen-bond acceptors (Lipinski definition) is 10. The van der Waals surface area contributed by atoms with Gasteiger partial charge in [-0.3, -0.25) is 9.59 Å². The van der Waals surface area contributed by atoms with Crippen LogP contribution in [0.2, 0.25) is 0 Å². The molecule has 216 valence electrons. The molecule has 1 unspecified atom stereocenters. The molecule has 0 aromatic heterocycles. The third-order valence-electron chi connectivity index (χ3n) is 9.12. The van der Waals surface area contributed by atoms with Crippen LogP contribution in [0.15, 0.2) is 34.3 Å². The summed E-state index contributed by atoms with van der Waals surface area (Å²) in [6.07, 6.45) is 1.40. The number of esters is 2. The van der Waals surface area contributed by atoms with Crippen LogP contribution in [-0.4, -0.2) is 104 Å². The summed E-state index contributed by atoms with van der Waals surface area (Å²) in [4.78, 5) is 43.6. The van der Waals surface area contributed by atoms with Crippen LogP contribution < -0.4 is 0 Å². The fourth-order valence-corrected chi connectivity index (χ4v) is 7.19. The van der Waals surface area contributed by atoms with Crippen molar-refractivity contribution < 1.29 is 38.8 Å². The Labute approximate surface area is 230 Å². The van der Waals surface area contributed by atoms with Crippen LogP contribution in [0.25, 0.3) is 0 Å². The zero-order valence-corrected chi connectivity index (χ0v) is 24.1. The van der Waals surface area contributed by atoms with Gasteiger partial charge in [-0.15, -0.1) is 0 Å². The van der Waals surface area contributed by atoms with Gasteiger partial charge in [-0.1, -0.05) is 6.92 Å². The van der Waals surface area contributed by atoms with Gasteiger partial charge in [0.2, 0.25) is 5.78 Å². The number of carbonyl (C=O) groups is 3. The molecule has 4 rings (SSSR count). The Kier molecular flexibility index (Phi) is 8.04. The molecule has 0 bridgehead atoms. The van der Waals surface area contributed by atoms with Gasteiger partial charge in [0.25, 0.3) is 0 Å². The summed E-state index contributed by atoms with van der Waals surface area (Å²) in [6, 6.07) is 0. The van der Waals surface area contributed by atoms with Gasteiger partial charge in [0.1, 0.15) is 12.2 Å². The number of allylic oxidation sites excluding steroid dienone is 1. The average molecular weight is 547 g/mol. The van der Waals surface area contributed by atoms with Crippen LogP contribution in [-0.2, 0) is 28.6 Å². The molecule has 4 aliphatic rings. The number of hydrogen-bond donors (Lipinski definition) is 2. The van der Waals surface area contributed by atoms with Crippen LogP contribution in [0.5, 0.6) is 0 Å². The van der Waals surface area contributed by atoms with Gasteiger partial charge >= 0.3 is 11.9 Å². The fourth-order valence-electron chi connectivity index (χ4n) is 7.19. The maximum absolute atomic E-state index is 14.0. The summed E-state index contributed by atoms with van der Waals surface area (Å²) in [5, 5.41) is 22.5. The van der Waals surface area contributed by atoms with E-state index in [0.717, 1.165) is 13.0 Å². The molecule has 0 aromatic rings. The smallest absolute Gasteiger partial charge is 0.340 e. The highest BCUT2D eigenvalue weighted by atomic mass is 16.6. The monoisotopic (exact) mass is 546 g/mol. The Bertz CT molecular complexity index is 1140. The van der Waals surface area contributed by atoms with Gasteiger partial charge in [-0.2, -0.15) is 0 Å². The Morgan fingerprint density at radius 2 is 1.87 bits per heavy atom. The van der Waals surface area contributed by atoms with Crippen LogP contribution in [0.1, 0.15) is 46.5 Å². The van der Waals surface area contributed by atoms with Crippen LogP contribution in [0.4, 0.5) is 0 Å². The normalized spacial score (nSPS) is 35.2. The lowest BCUT2D eigenvalue weighted by molar-refractivity contribution is -0.161. The van der Waals surface area contributed by atoms with E-state index in [9.17, 15) is 24.6 Å². The van der Waals surface area contributed by atoms with E-state index in [0.29, 0.717) is 37.0 Å². The van der Waals surface area contributed by atoms with Crippen molar-refractivity contribution in [1.82, 2.24) is 9.80 Å². The first-order chi connectivity index (χ1) is 18.3. The van der Waals surface area contributed by atoms with Gasteiger partial charge in [-0.25, -0.2) is 4.79 Å². The number of nitrogens with zero attached hydrogens (tertiary/aromatic N) is 2. The number of cyclic esters (lactones) is 1. The minimum Gasteiger partial charge on any atom is -0.504 e. The highest BCUT2D eigenvalue weighted by Gasteiger charge is 2.64. The van der Waals surface area contributed by atoms with Gasteiger partial charge in [0, 0.05) is 50.4 Å². The Morgan fingerprint density at radius 1 is 1.18 bits per heavy atom. The highest BCUT2D eigenvalue weighted by molar-refractivity contribution is 6.13. The number of fused-ring (bicyclic) bond motifs is 4. The third-order valence-corrected chi connectivity index (χ3v) is 9.12. The first-order valence-corrected chi connectivity index (χ1v) is 13.6. The summed E-state index contributed by atoms with van der Waals surface area (Å²) >= 11 is 0. The van der Waals surface area contributed by atoms with Crippen molar-refractivity contribution in [3.05, 3.63) is 34.3 Å². The van der Waals surface area contributed by atoms with E-state index in [-0.39, 0.29) is 23.7 Å². The van der Waals surface area contributed by atoms with Crippen LogP contribution >= 0.6 is 0 Å². The number of aliphatic hydroxyl groups is 2. The van der Waals surface area contributed by atoms with Crippen molar-refractivity contribution in [2.45, 2.75) is 64.8 Å². The third kappa shape index (κ3) is 4.80. The van der Waals surface area contributed by atoms with Gasteiger partial charge in [0.05, 0.1) is 23.7 Å². The molecule has 0 aromatic carbocycles. The number of ether oxygens (including phenoxy) is 3. The van der Waals surface area contributed by atoms with Crippen LogP contribution in [0.3, 0.4) is 0 Å². The Morgan fingerprint density at radius 3 is 2.49 bits per heavy atom. The lowest BCUT2D eigenvalue weighted by Crippen LogP contribution is -2.57. The van der Waals surface area contributed by atoms with Crippen molar-refractivity contribution in [3.63, 3.8) is 0 Å². The summed E-state index contributed by atoms with van der Waals surface area (Å²) in [6.45, 7) is 6.53. The zero-order chi connectivity index (χ0) is 28.9. The van der Waals surface area contributed by atoms with Crippen molar-refractivity contribution in [2.24, 2.45) is 16.7 Å². The molecule has 1 aliphatic heterocycles. The second-order valence-corrected chi connectivity index (χ2v) is 12.1. The van der Waals surface area contributed by atoms with E-state index in [4.69, 9.17) is 14.2 Å². The molecule has 39 heavy (non-hydrogen) atoms. The first-order valence-electron chi connectivity index (χ1n) is 13.6. The second-order valence-electron chi connectivity index (χ2n) is 12.1. The SMILES string of the molecule is COC[C@H]1OC(=O)C(=CN(C)CCCN(C)C)C2=C(O)C(=O)C3=C([C@H](OC(C)=O)C[C@@]4(C)C3CC[C@@H]4O)[C@]21C. The molecule has 3 aliphatic carbocycles. The van der Waals surface area contributed by atoms with Gasteiger partial charge in [-0.05, 0) is 64.7 Å². The van der Waals surface area contributed by atoms with E-state index in [1.54, 1.807) is 6.20 Å². The van der Waals surface area contributed by atoms with Crippen molar-refractivity contribution in [3.8, 4) is 0 Å². The molecule has 2 fully saturated rings. The van der Waals surface area contributed by atoms with Gasteiger partial charge < -0.3 is 34.2 Å². The van der Waals surface area contributed by atoms with E-state index < -0.39 is 52.6 Å². The van der Waals surface area contributed by atoms with Crippen molar-refractivity contribution >= 4 is 17.7 Å². The molecule has 0 spiro atoms. The molecule has 10 heteroatoms. The molecule has 1 saturated carbocycles. The predicted octanol–water partition coefficient (Wildman–Crippen LogP) is 2.14. The quantitative estimate of drug-likeness (QED) is 0.345. The number of aliphatic hydroxyl groups excluding tert-OH is 2. The molecule has 10 nitrogen and oxygen atoms in total. The molecule has 1 saturated heterocycles. The van der Waals surface area contributed by atoms with Crippen molar-refractivity contribution in [1.29, 1.82) is 0 Å². The lowest BCUT2D eigenvalue weighted by atomic mass is 9.53. The van der Waals surface area contributed by atoms with E-state index in [1.165, 1.54) is 14.0 Å². The first kappa shape index (κ1) is 29.3. The largest absolute Gasteiger partial charge is 0.504 e. The maximum Gasteiger partial charge on any atom is 0.340 e. The summed E-state index contributed by atoms with van der Waals surface area (Å²) in [7, 11) is 7.29. The minimum absolute atomic E-state index is 0.00724. The molecular weight excluding hydrogens is 504 g/mol. The molecule has 2 N–H and O–H groups in total. The zero-order valence-electron chi connectivity index (χ0n) is 24.1. The topological polar surface area (TPSA) is 126 Å². The van der Waals surface area contributed by atoms with Gasteiger partial charge in [0.15, 0.2) is 5.76 Å². The molecular formula is C29H42N2O8. The van der Waals surface area contributed by atoms with E-state index in [2.05, 4.69) is 4.90 Å². The molecule has 0 amide bonds. The minimum atomic E-state index is -1.21.